The van der Waals surface area contributed by atoms with Gasteiger partial charge in [-0.1, -0.05) is 6.07 Å². The Morgan fingerprint density at radius 2 is 2.10 bits per heavy atom. The van der Waals surface area contributed by atoms with Crippen molar-refractivity contribution in [3.8, 4) is 0 Å². The number of rotatable bonds is 3. The number of benzene rings is 1. The highest BCUT2D eigenvalue weighted by atomic mass is 35.5. The van der Waals surface area contributed by atoms with Gasteiger partial charge in [0.25, 0.3) is 0 Å². The number of nitrogens with two attached hydrogens (primary N) is 1. The van der Waals surface area contributed by atoms with Crippen molar-refractivity contribution in [1.82, 2.24) is 5.32 Å². The van der Waals surface area contributed by atoms with E-state index in [4.69, 9.17) is 5.73 Å². The molecule has 0 saturated carbocycles. The maximum atomic E-state index is 12.3. The van der Waals surface area contributed by atoms with E-state index < -0.39 is 11.4 Å². The van der Waals surface area contributed by atoms with E-state index in [0.29, 0.717) is 11.3 Å². The van der Waals surface area contributed by atoms with Crippen molar-refractivity contribution >= 4 is 29.9 Å². The Balaban J connectivity index is 0.00000200. The van der Waals surface area contributed by atoms with Gasteiger partial charge in [0.1, 0.15) is 0 Å². The third-order valence-electron chi connectivity index (χ3n) is 3.52. The number of carbonyl (C=O) groups excluding carboxylic acids is 2. The van der Waals surface area contributed by atoms with Crippen LogP contribution >= 0.6 is 12.4 Å². The molecule has 20 heavy (non-hydrogen) atoms. The Hall–Kier alpha value is -1.59. The summed E-state index contributed by atoms with van der Waals surface area (Å²) in [5.41, 5.74) is 5.66. The van der Waals surface area contributed by atoms with Crippen molar-refractivity contribution in [2.24, 2.45) is 5.73 Å². The van der Waals surface area contributed by atoms with E-state index in [9.17, 15) is 9.59 Å². The fourth-order valence-electron chi connectivity index (χ4n) is 2.27. The van der Waals surface area contributed by atoms with Gasteiger partial charge in [-0.25, -0.2) is 0 Å². The third kappa shape index (κ3) is 3.71. The van der Waals surface area contributed by atoms with E-state index in [1.54, 1.807) is 24.3 Å². The molecule has 0 spiro atoms. The van der Waals surface area contributed by atoms with Crippen molar-refractivity contribution in [3.05, 3.63) is 29.8 Å². The molecule has 110 valence electrons. The Bertz CT molecular complexity index is 499. The smallest absolute Gasteiger partial charge is 0.248 e. The van der Waals surface area contributed by atoms with Crippen LogP contribution in [0.3, 0.4) is 0 Å². The highest BCUT2D eigenvalue weighted by Gasteiger charge is 2.34. The molecule has 2 rings (SSSR count). The third-order valence-corrected chi connectivity index (χ3v) is 3.52. The monoisotopic (exact) mass is 297 g/mol. The molecule has 1 fully saturated rings. The Labute approximate surface area is 124 Å². The minimum absolute atomic E-state index is 0. The maximum absolute atomic E-state index is 12.3. The van der Waals surface area contributed by atoms with Crippen LogP contribution in [-0.4, -0.2) is 23.9 Å². The summed E-state index contributed by atoms with van der Waals surface area (Å²) < 4.78 is 0. The van der Waals surface area contributed by atoms with Crippen LogP contribution in [0.4, 0.5) is 5.69 Å². The lowest BCUT2D eigenvalue weighted by molar-refractivity contribution is -0.122. The minimum Gasteiger partial charge on any atom is -0.366 e. The number of amides is 2. The second-order valence-corrected chi connectivity index (χ2v) is 5.12. The van der Waals surface area contributed by atoms with Crippen molar-refractivity contribution in [2.75, 3.05) is 11.9 Å². The first-order valence-electron chi connectivity index (χ1n) is 6.48. The van der Waals surface area contributed by atoms with E-state index in [2.05, 4.69) is 10.6 Å². The Kier molecular flexibility index (Phi) is 5.53. The standard InChI is InChI=1S/C14H19N3O2.ClH/c1-14(7-2-3-8-16-14)13(19)17-11-6-4-5-10(9-11)12(15)18;/h4-6,9,16H,2-3,7-8H2,1H3,(H2,15,18)(H,17,19);1H. The molecule has 1 aliphatic rings. The maximum Gasteiger partial charge on any atom is 0.248 e. The molecule has 1 saturated heterocycles. The predicted octanol–water partition coefficient (Wildman–Crippen LogP) is 1.68. The molecule has 0 radical (unpaired) electrons. The van der Waals surface area contributed by atoms with Crippen LogP contribution in [0.2, 0.25) is 0 Å². The molecule has 5 nitrogen and oxygen atoms in total. The van der Waals surface area contributed by atoms with Gasteiger partial charge < -0.3 is 16.4 Å². The molecule has 1 atom stereocenters. The molecule has 0 bridgehead atoms. The molecule has 1 heterocycles. The van der Waals surface area contributed by atoms with Gasteiger partial charge in [-0.3, -0.25) is 9.59 Å². The van der Waals surface area contributed by atoms with Crippen molar-refractivity contribution in [2.45, 2.75) is 31.7 Å². The van der Waals surface area contributed by atoms with E-state index in [1.165, 1.54) is 0 Å². The molecule has 1 unspecified atom stereocenters. The van der Waals surface area contributed by atoms with Crippen molar-refractivity contribution in [3.63, 3.8) is 0 Å². The average Bonchev–Trinajstić information content (AvgIpc) is 2.40. The Morgan fingerprint density at radius 1 is 1.35 bits per heavy atom. The number of hydrogen-bond acceptors (Lipinski definition) is 3. The zero-order valence-corrected chi connectivity index (χ0v) is 12.3. The van der Waals surface area contributed by atoms with E-state index in [-0.39, 0.29) is 18.3 Å². The second kappa shape index (κ2) is 6.72. The normalized spacial score (nSPS) is 21.6. The molecular formula is C14H20ClN3O2. The van der Waals surface area contributed by atoms with Crippen molar-refractivity contribution < 1.29 is 9.59 Å². The summed E-state index contributed by atoms with van der Waals surface area (Å²) in [7, 11) is 0. The van der Waals surface area contributed by atoms with Crippen LogP contribution in [0.1, 0.15) is 36.5 Å². The fourth-order valence-corrected chi connectivity index (χ4v) is 2.27. The van der Waals surface area contributed by atoms with Gasteiger partial charge >= 0.3 is 0 Å². The quantitative estimate of drug-likeness (QED) is 0.793. The molecule has 1 aromatic carbocycles. The number of piperidine rings is 1. The Morgan fingerprint density at radius 3 is 2.70 bits per heavy atom. The number of hydrogen-bond donors (Lipinski definition) is 3. The largest absolute Gasteiger partial charge is 0.366 e. The molecule has 6 heteroatoms. The number of halogens is 1. The fraction of sp³-hybridized carbons (Fsp3) is 0.429. The van der Waals surface area contributed by atoms with E-state index >= 15 is 0 Å². The summed E-state index contributed by atoms with van der Waals surface area (Å²) >= 11 is 0. The van der Waals surface area contributed by atoms with Crippen LogP contribution in [0.15, 0.2) is 24.3 Å². The molecule has 1 aliphatic heterocycles. The van der Waals surface area contributed by atoms with Crippen LogP contribution in [0, 0.1) is 0 Å². The summed E-state index contributed by atoms with van der Waals surface area (Å²) in [4.78, 5) is 23.4. The number of carbonyl (C=O) groups is 2. The lowest BCUT2D eigenvalue weighted by Crippen LogP contribution is -2.54. The van der Waals surface area contributed by atoms with Crippen LogP contribution in [0.5, 0.6) is 0 Å². The summed E-state index contributed by atoms with van der Waals surface area (Å²) in [6.07, 6.45) is 2.95. The molecule has 0 aliphatic carbocycles. The number of nitrogens with one attached hydrogen (secondary N) is 2. The second-order valence-electron chi connectivity index (χ2n) is 5.12. The SMILES string of the molecule is CC1(C(=O)Nc2cccc(C(N)=O)c2)CCCCN1.Cl. The topological polar surface area (TPSA) is 84.2 Å². The van der Waals surface area contributed by atoms with Gasteiger partial charge in [0.2, 0.25) is 11.8 Å². The summed E-state index contributed by atoms with van der Waals surface area (Å²) in [6.45, 7) is 2.75. The summed E-state index contributed by atoms with van der Waals surface area (Å²) in [5, 5.41) is 6.09. The number of anilines is 1. The molecule has 2 amide bonds. The van der Waals surface area contributed by atoms with Gasteiger partial charge in [-0.05, 0) is 50.9 Å². The lowest BCUT2D eigenvalue weighted by atomic mass is 9.90. The van der Waals surface area contributed by atoms with E-state index in [0.717, 1.165) is 25.8 Å². The van der Waals surface area contributed by atoms with Gasteiger partial charge in [0.05, 0.1) is 5.54 Å². The van der Waals surface area contributed by atoms with Crippen LogP contribution in [-0.2, 0) is 4.79 Å². The number of primary amides is 1. The van der Waals surface area contributed by atoms with Crippen LogP contribution in [0.25, 0.3) is 0 Å². The average molecular weight is 298 g/mol. The zero-order chi connectivity index (χ0) is 13.9. The first kappa shape index (κ1) is 16.5. The lowest BCUT2D eigenvalue weighted by Gasteiger charge is -2.33. The highest BCUT2D eigenvalue weighted by Crippen LogP contribution is 2.21. The van der Waals surface area contributed by atoms with Gasteiger partial charge in [0.15, 0.2) is 0 Å². The first-order valence-corrected chi connectivity index (χ1v) is 6.48. The molecule has 1 aromatic rings. The van der Waals surface area contributed by atoms with Gasteiger partial charge in [-0.15, -0.1) is 12.4 Å². The van der Waals surface area contributed by atoms with Crippen molar-refractivity contribution in [1.29, 1.82) is 0 Å². The molecular weight excluding hydrogens is 278 g/mol. The summed E-state index contributed by atoms with van der Waals surface area (Å²) in [5.74, 6) is -0.577. The molecule has 4 N–H and O–H groups in total. The van der Waals surface area contributed by atoms with Gasteiger partial charge in [-0.2, -0.15) is 0 Å². The summed E-state index contributed by atoms with van der Waals surface area (Å²) in [6, 6.07) is 6.66. The van der Waals surface area contributed by atoms with E-state index in [1.807, 2.05) is 6.92 Å². The zero-order valence-electron chi connectivity index (χ0n) is 11.4. The van der Waals surface area contributed by atoms with Gasteiger partial charge in [0, 0.05) is 11.3 Å². The molecule has 0 aromatic heterocycles. The first-order chi connectivity index (χ1) is 9.01. The van der Waals surface area contributed by atoms with Crippen LogP contribution < -0.4 is 16.4 Å². The minimum atomic E-state index is -0.541. The highest BCUT2D eigenvalue weighted by molar-refractivity contribution is 5.99. The predicted molar refractivity (Wildman–Crippen MR) is 81.1 cm³/mol.